The molecule has 2 aromatic heterocycles. The minimum atomic E-state index is -0.837. The highest BCUT2D eigenvalue weighted by atomic mass is 16.6. The summed E-state index contributed by atoms with van der Waals surface area (Å²) in [7, 11) is 0. The van der Waals surface area contributed by atoms with Crippen LogP contribution in [-0.2, 0) is 0 Å². The van der Waals surface area contributed by atoms with Crippen molar-refractivity contribution in [1.29, 1.82) is 0 Å². The molecule has 82 valence electrons. The Morgan fingerprint density at radius 3 is 2.56 bits per heavy atom. The molecule has 0 aliphatic carbocycles. The van der Waals surface area contributed by atoms with Crippen molar-refractivity contribution < 1.29 is 9.85 Å². The first-order chi connectivity index (χ1) is 7.59. The molecule has 16 heavy (non-hydrogen) atoms. The maximum absolute atomic E-state index is 10.6. The van der Waals surface area contributed by atoms with Crippen molar-refractivity contribution in [2.75, 3.05) is 0 Å². The predicted octanol–water partition coefficient (Wildman–Crippen LogP) is -0.193. The van der Waals surface area contributed by atoms with Gasteiger partial charge in [-0.2, -0.15) is 4.98 Å². The Labute approximate surface area is 86.0 Å². The zero-order valence-corrected chi connectivity index (χ0v) is 7.47. The lowest BCUT2D eigenvalue weighted by molar-refractivity contribution is -0.394. The lowest BCUT2D eigenvalue weighted by atomic mass is 10.6. The van der Waals surface area contributed by atoms with E-state index in [9.17, 15) is 20.2 Å². The summed E-state index contributed by atoms with van der Waals surface area (Å²) >= 11 is 0. The largest absolute Gasteiger partial charge is 0.420 e. The minimum absolute atomic E-state index is 0.139. The van der Waals surface area contributed by atoms with Gasteiger partial charge in [0.05, 0.1) is 0 Å². The number of rotatable bonds is 3. The number of aromatic amines is 1. The van der Waals surface area contributed by atoms with Gasteiger partial charge in [0, 0.05) is 4.68 Å². The summed E-state index contributed by atoms with van der Waals surface area (Å²) in [4.78, 5) is 23.0. The molecule has 0 unspecified atom stereocenters. The molecular weight excluding hydrogens is 222 g/mol. The van der Waals surface area contributed by atoms with Crippen molar-refractivity contribution in [3.63, 3.8) is 0 Å². The number of aromatic nitrogens is 5. The lowest BCUT2D eigenvalue weighted by Crippen LogP contribution is -2.04. The Kier molecular flexibility index (Phi) is 2.05. The van der Waals surface area contributed by atoms with Crippen molar-refractivity contribution in [1.82, 2.24) is 25.0 Å². The molecule has 0 amide bonds. The molecule has 0 spiro atoms. The fraction of sp³-hybridized carbons (Fsp3) is 0. The Balaban J connectivity index is 2.59. The first-order valence-corrected chi connectivity index (χ1v) is 3.84. The smallest absolute Gasteiger partial charge is 0.358 e. The first kappa shape index (κ1) is 9.70. The molecule has 11 heteroatoms. The van der Waals surface area contributed by atoms with Gasteiger partial charge in [0.2, 0.25) is 0 Å². The van der Waals surface area contributed by atoms with Gasteiger partial charge in [-0.3, -0.25) is 5.10 Å². The highest BCUT2D eigenvalue weighted by molar-refractivity contribution is 5.36. The zero-order valence-electron chi connectivity index (χ0n) is 7.47. The van der Waals surface area contributed by atoms with Crippen LogP contribution in [0.2, 0.25) is 0 Å². The van der Waals surface area contributed by atoms with Crippen molar-refractivity contribution in [3.8, 4) is 5.95 Å². The molecule has 2 rings (SSSR count). The molecule has 0 aliphatic heterocycles. The molecule has 0 aliphatic rings. The van der Waals surface area contributed by atoms with Crippen molar-refractivity contribution in [2.24, 2.45) is 0 Å². The van der Waals surface area contributed by atoms with E-state index in [2.05, 4.69) is 20.3 Å². The summed E-state index contributed by atoms with van der Waals surface area (Å²) in [5, 5.41) is 30.3. The Morgan fingerprint density at radius 1 is 1.31 bits per heavy atom. The average Bonchev–Trinajstić information content (AvgIpc) is 2.86. The number of nitrogens with one attached hydrogen (secondary N) is 1. The maximum atomic E-state index is 10.6. The van der Waals surface area contributed by atoms with Crippen molar-refractivity contribution in [3.05, 3.63) is 32.6 Å². The fourth-order valence-electron chi connectivity index (χ4n) is 1.03. The Bertz CT molecular complexity index is 543. The molecule has 0 bridgehead atoms. The number of H-pyrrole nitrogens is 1. The van der Waals surface area contributed by atoms with Gasteiger partial charge in [0.25, 0.3) is 0 Å². The standard InChI is InChI=1S/C5H3N7O4/c13-11(14)3-1-4(12(15)16)10(9-3)5-6-2-7-8-5/h1-2H,(H,6,7,8). The molecule has 0 aromatic carbocycles. The van der Waals surface area contributed by atoms with Crippen LogP contribution < -0.4 is 0 Å². The number of hydrogen-bond acceptors (Lipinski definition) is 7. The minimum Gasteiger partial charge on any atom is -0.358 e. The quantitative estimate of drug-likeness (QED) is 0.562. The Morgan fingerprint density at radius 2 is 2.06 bits per heavy atom. The molecule has 0 atom stereocenters. The van der Waals surface area contributed by atoms with Crippen molar-refractivity contribution in [2.45, 2.75) is 0 Å². The second-order valence-corrected chi connectivity index (χ2v) is 2.59. The third kappa shape index (κ3) is 1.45. The first-order valence-electron chi connectivity index (χ1n) is 3.84. The summed E-state index contributed by atoms with van der Waals surface area (Å²) in [5.74, 6) is -1.36. The van der Waals surface area contributed by atoms with E-state index in [1.54, 1.807) is 0 Å². The summed E-state index contributed by atoms with van der Waals surface area (Å²) in [6.45, 7) is 0. The molecule has 0 saturated carbocycles. The van der Waals surface area contributed by atoms with E-state index in [1.165, 1.54) is 6.33 Å². The van der Waals surface area contributed by atoms with E-state index in [4.69, 9.17) is 0 Å². The summed E-state index contributed by atoms with van der Waals surface area (Å²) < 4.78 is 0.675. The third-order valence-corrected chi connectivity index (χ3v) is 1.64. The second-order valence-electron chi connectivity index (χ2n) is 2.59. The second kappa shape index (κ2) is 3.38. The molecule has 2 aromatic rings. The topological polar surface area (TPSA) is 146 Å². The summed E-state index contributed by atoms with van der Waals surface area (Å²) in [6.07, 6.45) is 1.17. The number of nitrogens with zero attached hydrogens (tertiary/aromatic N) is 6. The van der Waals surface area contributed by atoms with E-state index in [-0.39, 0.29) is 5.95 Å². The van der Waals surface area contributed by atoms with Gasteiger partial charge in [0.15, 0.2) is 5.10 Å². The van der Waals surface area contributed by atoms with Crippen LogP contribution in [0, 0.1) is 20.2 Å². The normalized spacial score (nSPS) is 10.2. The zero-order chi connectivity index (χ0) is 11.7. The van der Waals surface area contributed by atoms with E-state index < -0.39 is 21.5 Å². The van der Waals surface area contributed by atoms with Gasteiger partial charge in [0.1, 0.15) is 12.4 Å². The summed E-state index contributed by atoms with van der Waals surface area (Å²) in [5.41, 5.74) is 0. The van der Waals surface area contributed by atoms with Gasteiger partial charge in [-0.1, -0.05) is 0 Å². The van der Waals surface area contributed by atoms with Crippen LogP contribution in [0.15, 0.2) is 12.4 Å². The molecule has 1 N–H and O–H groups in total. The van der Waals surface area contributed by atoms with Crippen LogP contribution >= 0.6 is 0 Å². The van der Waals surface area contributed by atoms with E-state index in [0.717, 1.165) is 6.07 Å². The molecule has 11 nitrogen and oxygen atoms in total. The van der Waals surface area contributed by atoms with Crippen LogP contribution in [0.5, 0.6) is 0 Å². The molecule has 2 heterocycles. The molecule has 0 saturated heterocycles. The fourth-order valence-corrected chi connectivity index (χ4v) is 1.03. The SMILES string of the molecule is O=[N+]([O-])c1cc([N+](=O)[O-])n(-c2nc[nH]n2)n1. The van der Waals surface area contributed by atoms with Gasteiger partial charge < -0.3 is 20.2 Å². The summed E-state index contributed by atoms with van der Waals surface area (Å²) in [6, 6.07) is 0.732. The van der Waals surface area contributed by atoms with E-state index in [0.29, 0.717) is 4.68 Å². The van der Waals surface area contributed by atoms with Crippen LogP contribution in [-0.4, -0.2) is 34.8 Å². The average molecular weight is 225 g/mol. The monoisotopic (exact) mass is 225 g/mol. The molecule has 0 radical (unpaired) electrons. The van der Waals surface area contributed by atoms with Crippen LogP contribution in [0.1, 0.15) is 0 Å². The Hall–Kier alpha value is -2.85. The maximum Gasteiger partial charge on any atom is 0.420 e. The van der Waals surface area contributed by atoms with Gasteiger partial charge >= 0.3 is 17.6 Å². The van der Waals surface area contributed by atoms with Gasteiger partial charge in [-0.25, -0.2) is 0 Å². The highest BCUT2D eigenvalue weighted by Crippen LogP contribution is 2.20. The van der Waals surface area contributed by atoms with Crippen LogP contribution in [0.25, 0.3) is 5.95 Å². The van der Waals surface area contributed by atoms with Gasteiger partial charge in [-0.05, 0) is 9.85 Å². The van der Waals surface area contributed by atoms with Crippen LogP contribution in [0.3, 0.4) is 0 Å². The van der Waals surface area contributed by atoms with E-state index in [1.807, 2.05) is 0 Å². The number of hydrogen-bond donors (Lipinski definition) is 1. The van der Waals surface area contributed by atoms with Crippen molar-refractivity contribution >= 4 is 11.6 Å². The lowest BCUT2D eigenvalue weighted by Gasteiger charge is -1.88. The van der Waals surface area contributed by atoms with E-state index >= 15 is 0 Å². The van der Waals surface area contributed by atoms with Gasteiger partial charge in [-0.15, -0.1) is 5.10 Å². The molecule has 0 fully saturated rings. The number of nitro groups is 2. The predicted molar refractivity (Wildman–Crippen MR) is 46.8 cm³/mol. The highest BCUT2D eigenvalue weighted by Gasteiger charge is 2.31. The third-order valence-electron chi connectivity index (χ3n) is 1.64. The van der Waals surface area contributed by atoms with Crippen LogP contribution in [0.4, 0.5) is 11.6 Å². The molecular formula is C5H3N7O4.